The van der Waals surface area contributed by atoms with Crippen molar-refractivity contribution in [3.8, 4) is 22.4 Å². The van der Waals surface area contributed by atoms with Gasteiger partial charge in [0.2, 0.25) is 11.8 Å². The van der Waals surface area contributed by atoms with Gasteiger partial charge in [0.1, 0.15) is 5.03 Å². The van der Waals surface area contributed by atoms with Crippen LogP contribution in [-0.4, -0.2) is 63.2 Å². The fraction of sp³-hybridized carbons (Fsp3) is 0.333. The molecule has 2 amide bonds. The number of aromatic nitrogens is 2. The Labute approximate surface area is 205 Å². The highest BCUT2D eigenvalue weighted by Crippen LogP contribution is 2.25. The Balaban J connectivity index is 1.30. The van der Waals surface area contributed by atoms with Crippen LogP contribution in [0.15, 0.2) is 71.8 Å². The normalized spacial score (nSPS) is 16.1. The molecule has 2 heterocycles. The van der Waals surface area contributed by atoms with E-state index in [0.29, 0.717) is 25.4 Å². The van der Waals surface area contributed by atoms with E-state index in [9.17, 15) is 9.59 Å². The third-order valence-electron chi connectivity index (χ3n) is 6.03. The van der Waals surface area contributed by atoms with Gasteiger partial charge < -0.3 is 9.80 Å². The van der Waals surface area contributed by atoms with E-state index in [2.05, 4.69) is 34.5 Å². The van der Waals surface area contributed by atoms with E-state index in [0.717, 1.165) is 21.8 Å². The quantitative estimate of drug-likeness (QED) is 0.488. The fourth-order valence-electron chi connectivity index (χ4n) is 4.09. The number of rotatable bonds is 6. The molecule has 3 aromatic rings. The van der Waals surface area contributed by atoms with E-state index in [-0.39, 0.29) is 23.8 Å². The second kappa shape index (κ2) is 10.8. The highest BCUT2D eigenvalue weighted by atomic mass is 32.2. The van der Waals surface area contributed by atoms with E-state index in [4.69, 9.17) is 0 Å². The van der Waals surface area contributed by atoms with Crippen molar-refractivity contribution in [2.75, 3.05) is 25.4 Å². The zero-order valence-corrected chi connectivity index (χ0v) is 20.7. The molecular weight excluding hydrogens is 444 g/mol. The van der Waals surface area contributed by atoms with Gasteiger partial charge in [-0.15, -0.1) is 10.2 Å². The van der Waals surface area contributed by atoms with Gasteiger partial charge in [-0.1, -0.05) is 80.2 Å². The summed E-state index contributed by atoms with van der Waals surface area (Å²) in [5, 5.41) is 9.39. The molecule has 1 aliphatic heterocycles. The van der Waals surface area contributed by atoms with Crippen molar-refractivity contribution in [2.45, 2.75) is 31.8 Å². The Morgan fingerprint density at radius 2 is 1.59 bits per heavy atom. The van der Waals surface area contributed by atoms with E-state index >= 15 is 0 Å². The lowest BCUT2D eigenvalue weighted by atomic mass is 10.0. The molecule has 0 radical (unpaired) electrons. The molecule has 2 aromatic carbocycles. The van der Waals surface area contributed by atoms with E-state index in [1.54, 1.807) is 0 Å². The first-order chi connectivity index (χ1) is 16.4. The van der Waals surface area contributed by atoms with Gasteiger partial charge in [0.25, 0.3) is 0 Å². The number of piperazine rings is 1. The highest BCUT2D eigenvalue weighted by Gasteiger charge is 2.30. The largest absolute Gasteiger partial charge is 0.338 e. The minimum Gasteiger partial charge on any atom is -0.338 e. The van der Waals surface area contributed by atoms with Gasteiger partial charge >= 0.3 is 0 Å². The van der Waals surface area contributed by atoms with E-state index in [1.807, 2.05) is 73.0 Å². The molecule has 0 aliphatic carbocycles. The summed E-state index contributed by atoms with van der Waals surface area (Å²) in [7, 11) is 0. The van der Waals surface area contributed by atoms with Crippen molar-refractivity contribution in [2.24, 2.45) is 5.92 Å². The van der Waals surface area contributed by atoms with Gasteiger partial charge in [-0.05, 0) is 30.2 Å². The Morgan fingerprint density at radius 3 is 2.21 bits per heavy atom. The maximum absolute atomic E-state index is 12.7. The number of amides is 2. The number of carbonyl (C=O) groups is 2. The average Bonchev–Trinajstić information content (AvgIpc) is 2.87. The Hall–Kier alpha value is -3.19. The summed E-state index contributed by atoms with van der Waals surface area (Å²) in [6.45, 7) is 7.56. The molecule has 1 aromatic heterocycles. The standard InChI is InChI=1S/C27H30N4O2S/c1-19(2)27(33)31-16-15-30(17-20(31)3)26(32)18-34-25-14-13-24(28-29-25)23-11-9-22(10-12-23)21-7-5-4-6-8-21/h4-14,19-20H,15-18H2,1-3H3. The molecule has 0 bridgehead atoms. The molecule has 176 valence electrons. The van der Waals surface area contributed by atoms with Crippen molar-refractivity contribution in [1.29, 1.82) is 0 Å². The first-order valence-corrected chi connectivity index (χ1v) is 12.6. The zero-order valence-electron chi connectivity index (χ0n) is 19.8. The third kappa shape index (κ3) is 5.65. The van der Waals surface area contributed by atoms with Gasteiger partial charge in [-0.25, -0.2) is 0 Å². The van der Waals surface area contributed by atoms with Gasteiger partial charge in [-0.2, -0.15) is 0 Å². The number of carbonyl (C=O) groups excluding carboxylic acids is 2. The van der Waals surface area contributed by atoms with Crippen LogP contribution in [0.25, 0.3) is 22.4 Å². The number of benzene rings is 2. The monoisotopic (exact) mass is 474 g/mol. The lowest BCUT2D eigenvalue weighted by molar-refractivity contribution is -0.143. The second-order valence-corrected chi connectivity index (χ2v) is 9.86. The lowest BCUT2D eigenvalue weighted by Crippen LogP contribution is -2.56. The fourth-order valence-corrected chi connectivity index (χ4v) is 4.80. The molecule has 0 spiro atoms. The van der Waals surface area contributed by atoms with Crippen LogP contribution in [0.5, 0.6) is 0 Å². The second-order valence-electron chi connectivity index (χ2n) is 8.86. The molecule has 1 aliphatic rings. The SMILES string of the molecule is CC(C)C(=O)N1CCN(C(=O)CSc2ccc(-c3ccc(-c4ccccc4)cc3)nn2)CC1C. The predicted octanol–water partition coefficient (Wildman–Crippen LogP) is 4.62. The zero-order chi connectivity index (χ0) is 24.1. The summed E-state index contributed by atoms with van der Waals surface area (Å²) >= 11 is 1.39. The minimum absolute atomic E-state index is 0.0244. The summed E-state index contributed by atoms with van der Waals surface area (Å²) < 4.78 is 0. The number of hydrogen-bond acceptors (Lipinski definition) is 5. The van der Waals surface area contributed by atoms with Crippen LogP contribution in [-0.2, 0) is 9.59 Å². The highest BCUT2D eigenvalue weighted by molar-refractivity contribution is 7.99. The average molecular weight is 475 g/mol. The molecule has 1 unspecified atom stereocenters. The Kier molecular flexibility index (Phi) is 7.63. The molecule has 1 atom stereocenters. The van der Waals surface area contributed by atoms with E-state index < -0.39 is 0 Å². The first-order valence-electron chi connectivity index (χ1n) is 11.6. The maximum Gasteiger partial charge on any atom is 0.233 e. The molecule has 1 saturated heterocycles. The van der Waals surface area contributed by atoms with Crippen LogP contribution in [0, 0.1) is 5.92 Å². The number of hydrogen-bond donors (Lipinski definition) is 0. The topological polar surface area (TPSA) is 66.4 Å². The molecule has 6 nitrogen and oxygen atoms in total. The van der Waals surface area contributed by atoms with Crippen LogP contribution in [0.3, 0.4) is 0 Å². The lowest BCUT2D eigenvalue weighted by Gasteiger charge is -2.40. The van der Waals surface area contributed by atoms with E-state index in [1.165, 1.54) is 17.3 Å². The maximum atomic E-state index is 12.7. The van der Waals surface area contributed by atoms with Crippen LogP contribution >= 0.6 is 11.8 Å². The molecule has 0 saturated carbocycles. The van der Waals surface area contributed by atoms with Gasteiger partial charge in [0.05, 0.1) is 11.4 Å². The minimum atomic E-state index is -0.0244. The predicted molar refractivity (Wildman–Crippen MR) is 136 cm³/mol. The van der Waals surface area contributed by atoms with Gasteiger partial charge in [0.15, 0.2) is 0 Å². The smallest absolute Gasteiger partial charge is 0.233 e. The molecular formula is C27H30N4O2S. The first kappa shape index (κ1) is 24.0. The number of nitrogens with zero attached hydrogens (tertiary/aromatic N) is 4. The van der Waals surface area contributed by atoms with Crippen LogP contribution in [0.4, 0.5) is 0 Å². The molecule has 34 heavy (non-hydrogen) atoms. The number of thioether (sulfide) groups is 1. The van der Waals surface area contributed by atoms with Crippen molar-refractivity contribution < 1.29 is 9.59 Å². The Morgan fingerprint density at radius 1 is 0.912 bits per heavy atom. The van der Waals surface area contributed by atoms with Gasteiger partial charge in [-0.3, -0.25) is 9.59 Å². The van der Waals surface area contributed by atoms with Crippen molar-refractivity contribution in [3.63, 3.8) is 0 Å². The van der Waals surface area contributed by atoms with Crippen molar-refractivity contribution in [1.82, 2.24) is 20.0 Å². The van der Waals surface area contributed by atoms with Gasteiger partial charge in [0, 0.05) is 37.2 Å². The Bertz CT molecular complexity index is 1120. The van der Waals surface area contributed by atoms with Crippen LogP contribution < -0.4 is 0 Å². The molecule has 7 heteroatoms. The molecule has 0 N–H and O–H groups in total. The summed E-state index contributed by atoms with van der Waals surface area (Å²) in [6.07, 6.45) is 0. The van der Waals surface area contributed by atoms with Crippen molar-refractivity contribution >= 4 is 23.6 Å². The summed E-state index contributed by atoms with van der Waals surface area (Å²) in [5.41, 5.74) is 4.14. The molecule has 1 fully saturated rings. The van der Waals surface area contributed by atoms with Crippen molar-refractivity contribution in [3.05, 3.63) is 66.7 Å². The third-order valence-corrected chi connectivity index (χ3v) is 6.93. The van der Waals surface area contributed by atoms with Crippen LogP contribution in [0.1, 0.15) is 20.8 Å². The summed E-state index contributed by atoms with van der Waals surface area (Å²) in [6, 6.07) is 22.4. The summed E-state index contributed by atoms with van der Waals surface area (Å²) in [4.78, 5) is 28.8. The van der Waals surface area contributed by atoms with Crippen LogP contribution in [0.2, 0.25) is 0 Å². The molecule has 4 rings (SSSR count). The summed E-state index contributed by atoms with van der Waals surface area (Å²) in [5.74, 6) is 0.503.